The van der Waals surface area contributed by atoms with E-state index in [9.17, 15) is 8.42 Å². The van der Waals surface area contributed by atoms with Crippen LogP contribution >= 0.6 is 38.9 Å². The molecule has 0 aliphatic carbocycles. The average Bonchev–Trinajstić information content (AvgIpc) is 2.86. The first kappa shape index (κ1) is 16.7. The molecule has 0 amide bonds. The third-order valence-corrected chi connectivity index (χ3v) is 6.58. The molecule has 0 aliphatic heterocycles. The van der Waals surface area contributed by atoms with E-state index in [1.165, 1.54) is 6.07 Å². The van der Waals surface area contributed by atoms with E-state index in [-0.39, 0.29) is 10.8 Å². The molecule has 0 fully saturated rings. The second-order valence-corrected chi connectivity index (χ2v) is 8.71. The van der Waals surface area contributed by atoms with Crippen molar-refractivity contribution in [2.75, 3.05) is 18.4 Å². The lowest BCUT2D eigenvalue weighted by atomic mass is 10.4. The van der Waals surface area contributed by atoms with Gasteiger partial charge in [0.1, 0.15) is 10.0 Å². The second-order valence-electron chi connectivity index (χ2n) is 4.15. The van der Waals surface area contributed by atoms with Crippen molar-refractivity contribution >= 4 is 54.7 Å². The molecular formula is C12H13BrClN3O2S2. The van der Waals surface area contributed by atoms with Crippen molar-refractivity contribution in [1.82, 2.24) is 9.71 Å². The molecule has 2 heterocycles. The van der Waals surface area contributed by atoms with Gasteiger partial charge in [-0.1, -0.05) is 11.6 Å². The summed E-state index contributed by atoms with van der Waals surface area (Å²) in [7, 11) is -3.49. The number of aromatic nitrogens is 1. The predicted molar refractivity (Wildman–Crippen MR) is 89.7 cm³/mol. The summed E-state index contributed by atoms with van der Waals surface area (Å²) in [5, 5.41) is 3.06. The molecular weight excluding hydrogens is 398 g/mol. The molecule has 114 valence electrons. The highest BCUT2D eigenvalue weighted by molar-refractivity contribution is 9.10. The highest BCUT2D eigenvalue weighted by atomic mass is 79.9. The van der Waals surface area contributed by atoms with E-state index in [1.807, 2.05) is 19.1 Å². The molecule has 5 nitrogen and oxygen atoms in total. The Hall–Kier alpha value is -0.670. The summed E-state index contributed by atoms with van der Waals surface area (Å²) >= 11 is 10.1. The fourth-order valence-electron chi connectivity index (χ4n) is 1.53. The summed E-state index contributed by atoms with van der Waals surface area (Å²) in [4.78, 5) is 4.32. The topological polar surface area (TPSA) is 71.1 Å². The van der Waals surface area contributed by atoms with Crippen LogP contribution in [0.5, 0.6) is 0 Å². The molecule has 0 saturated carbocycles. The number of aryl methyl sites for hydroxylation is 1. The Balaban J connectivity index is 1.85. The number of hydrogen-bond acceptors (Lipinski definition) is 5. The Bertz CT molecular complexity index is 734. The van der Waals surface area contributed by atoms with E-state index in [0.717, 1.165) is 21.5 Å². The van der Waals surface area contributed by atoms with Crippen LogP contribution in [-0.4, -0.2) is 26.5 Å². The zero-order valence-electron chi connectivity index (χ0n) is 11.1. The van der Waals surface area contributed by atoms with Gasteiger partial charge in [-0.25, -0.2) is 18.1 Å². The van der Waals surface area contributed by atoms with E-state index >= 15 is 0 Å². The van der Waals surface area contributed by atoms with Crippen molar-refractivity contribution in [1.29, 1.82) is 0 Å². The number of halogens is 2. The quantitative estimate of drug-likeness (QED) is 0.717. The SMILES string of the molecule is Cc1nc(NCCNS(=O)(=O)c2ccc(Cl)s2)ccc1Br. The molecule has 2 aromatic heterocycles. The Kier molecular flexibility index (Phi) is 5.61. The zero-order valence-corrected chi connectivity index (χ0v) is 15.0. The van der Waals surface area contributed by atoms with Gasteiger partial charge in [0, 0.05) is 17.6 Å². The molecule has 0 aromatic carbocycles. The Labute approximate surface area is 140 Å². The lowest BCUT2D eigenvalue weighted by molar-refractivity contribution is 0.585. The van der Waals surface area contributed by atoms with Gasteiger partial charge in [-0.3, -0.25) is 0 Å². The Morgan fingerprint density at radius 2 is 2.05 bits per heavy atom. The summed E-state index contributed by atoms with van der Waals surface area (Å²) in [6.45, 7) is 2.58. The van der Waals surface area contributed by atoms with E-state index in [0.29, 0.717) is 16.7 Å². The van der Waals surface area contributed by atoms with Crippen molar-refractivity contribution in [3.05, 3.63) is 38.8 Å². The maximum absolute atomic E-state index is 11.9. The van der Waals surface area contributed by atoms with E-state index in [2.05, 4.69) is 31.0 Å². The van der Waals surface area contributed by atoms with Gasteiger partial charge in [0.25, 0.3) is 0 Å². The summed E-state index contributed by atoms with van der Waals surface area (Å²) in [6, 6.07) is 6.77. The molecule has 21 heavy (non-hydrogen) atoms. The van der Waals surface area contributed by atoms with Crippen molar-refractivity contribution in [2.45, 2.75) is 11.1 Å². The molecule has 2 N–H and O–H groups in total. The average molecular weight is 411 g/mol. The molecule has 0 radical (unpaired) electrons. The van der Waals surface area contributed by atoms with Crippen LogP contribution in [0.3, 0.4) is 0 Å². The van der Waals surface area contributed by atoms with Crippen LogP contribution < -0.4 is 10.0 Å². The fraction of sp³-hybridized carbons (Fsp3) is 0.250. The lowest BCUT2D eigenvalue weighted by Crippen LogP contribution is -2.28. The molecule has 2 aromatic rings. The van der Waals surface area contributed by atoms with Gasteiger partial charge in [-0.2, -0.15) is 0 Å². The summed E-state index contributed by atoms with van der Waals surface area (Å²) in [5.41, 5.74) is 0.869. The van der Waals surface area contributed by atoms with Crippen molar-refractivity contribution < 1.29 is 8.42 Å². The van der Waals surface area contributed by atoms with Gasteiger partial charge in [0.05, 0.1) is 10.0 Å². The van der Waals surface area contributed by atoms with E-state index < -0.39 is 10.0 Å². The summed E-state index contributed by atoms with van der Waals surface area (Å²) in [5.74, 6) is 0.703. The van der Waals surface area contributed by atoms with E-state index in [4.69, 9.17) is 11.6 Å². The first-order valence-electron chi connectivity index (χ1n) is 6.00. The molecule has 2 rings (SSSR count). The largest absolute Gasteiger partial charge is 0.369 e. The fourth-order valence-corrected chi connectivity index (χ4v) is 4.31. The van der Waals surface area contributed by atoms with Crippen molar-refractivity contribution in [3.63, 3.8) is 0 Å². The maximum atomic E-state index is 11.9. The minimum atomic E-state index is -3.49. The smallest absolute Gasteiger partial charge is 0.250 e. The number of anilines is 1. The molecule has 0 saturated heterocycles. The third kappa shape index (κ3) is 4.65. The van der Waals surface area contributed by atoms with Crippen molar-refractivity contribution in [3.8, 4) is 0 Å². The Morgan fingerprint density at radius 3 is 2.67 bits per heavy atom. The molecule has 0 aliphatic rings. The molecule has 0 unspecified atom stereocenters. The number of nitrogens with one attached hydrogen (secondary N) is 2. The van der Waals surface area contributed by atoms with Gasteiger partial charge in [0.2, 0.25) is 10.0 Å². The van der Waals surface area contributed by atoms with Gasteiger partial charge >= 0.3 is 0 Å². The van der Waals surface area contributed by atoms with Crippen molar-refractivity contribution in [2.24, 2.45) is 0 Å². The standard InChI is InChI=1S/C12H13BrClN3O2S2/c1-8-9(13)2-4-11(17-8)15-6-7-16-21(18,19)12-5-3-10(14)20-12/h2-5,16H,6-7H2,1H3,(H,15,17). The first-order valence-corrected chi connectivity index (χ1v) is 9.47. The van der Waals surface area contributed by atoms with Gasteiger partial charge < -0.3 is 5.32 Å². The van der Waals surface area contributed by atoms with Gasteiger partial charge in [-0.15, -0.1) is 11.3 Å². The van der Waals surface area contributed by atoms with Gasteiger partial charge in [-0.05, 0) is 47.1 Å². The molecule has 0 atom stereocenters. The van der Waals surface area contributed by atoms with Crippen LogP contribution in [-0.2, 0) is 10.0 Å². The summed E-state index contributed by atoms with van der Waals surface area (Å²) in [6.07, 6.45) is 0. The third-order valence-electron chi connectivity index (χ3n) is 2.56. The number of rotatable bonds is 6. The van der Waals surface area contributed by atoms with Crippen LogP contribution in [0.2, 0.25) is 4.34 Å². The second kappa shape index (κ2) is 7.06. The normalized spacial score (nSPS) is 11.6. The number of sulfonamides is 1. The predicted octanol–water partition coefficient (Wildman–Crippen LogP) is 3.26. The number of nitrogens with zero attached hydrogens (tertiary/aromatic N) is 1. The molecule has 0 bridgehead atoms. The van der Waals surface area contributed by atoms with Crippen LogP contribution in [0.1, 0.15) is 5.69 Å². The number of pyridine rings is 1. The van der Waals surface area contributed by atoms with E-state index in [1.54, 1.807) is 6.07 Å². The van der Waals surface area contributed by atoms with Gasteiger partial charge in [0.15, 0.2) is 0 Å². The highest BCUT2D eigenvalue weighted by Gasteiger charge is 2.15. The first-order chi connectivity index (χ1) is 9.88. The highest BCUT2D eigenvalue weighted by Crippen LogP contribution is 2.25. The number of hydrogen-bond donors (Lipinski definition) is 2. The molecule has 9 heteroatoms. The van der Waals surface area contributed by atoms with Crippen LogP contribution in [0.4, 0.5) is 5.82 Å². The minimum absolute atomic E-state index is 0.213. The monoisotopic (exact) mass is 409 g/mol. The summed E-state index contributed by atoms with van der Waals surface area (Å²) < 4.78 is 28.0. The zero-order chi connectivity index (χ0) is 15.5. The maximum Gasteiger partial charge on any atom is 0.250 e. The minimum Gasteiger partial charge on any atom is -0.369 e. The number of thiophene rings is 1. The van der Waals surface area contributed by atoms with Crippen LogP contribution in [0.25, 0.3) is 0 Å². The van der Waals surface area contributed by atoms with Crippen LogP contribution in [0.15, 0.2) is 32.9 Å². The van der Waals surface area contributed by atoms with Crippen LogP contribution in [0, 0.1) is 6.92 Å². The Morgan fingerprint density at radius 1 is 1.29 bits per heavy atom. The lowest BCUT2D eigenvalue weighted by Gasteiger charge is -2.08. The molecule has 0 spiro atoms.